The molecule has 1 saturated heterocycles. The first-order chi connectivity index (χ1) is 10.0. The lowest BCUT2D eigenvalue weighted by Gasteiger charge is -2.46. The number of hydrogen-bond acceptors (Lipinski definition) is 3. The molecule has 1 saturated carbocycles. The Labute approximate surface area is 130 Å². The van der Waals surface area contributed by atoms with Crippen LogP contribution in [-0.2, 0) is 15.5 Å². The molecule has 1 N–H and O–H groups in total. The van der Waals surface area contributed by atoms with Crippen LogP contribution in [0.5, 0.6) is 0 Å². The standard InChI is InChI=1S/C15H17ClO4S/c16-13-3-2-10(8-12(13)14(17)18)21(19)11-4-7-20-15(9-11)5-1-6-15/h2-3,8,11H,1,4-7,9H2,(H,17,18). The normalized spacial score (nSPS) is 25.3. The van der Waals surface area contributed by atoms with E-state index in [4.69, 9.17) is 21.4 Å². The van der Waals surface area contributed by atoms with E-state index in [0.717, 1.165) is 25.7 Å². The van der Waals surface area contributed by atoms with Gasteiger partial charge in [0.1, 0.15) is 0 Å². The van der Waals surface area contributed by atoms with Gasteiger partial charge in [-0.25, -0.2) is 4.79 Å². The van der Waals surface area contributed by atoms with Gasteiger partial charge in [-0.3, -0.25) is 4.21 Å². The fourth-order valence-electron chi connectivity index (χ4n) is 3.07. The van der Waals surface area contributed by atoms with Gasteiger partial charge in [-0.2, -0.15) is 0 Å². The number of hydrogen-bond donors (Lipinski definition) is 1. The molecule has 1 heterocycles. The maximum atomic E-state index is 12.7. The van der Waals surface area contributed by atoms with Gasteiger partial charge in [0.25, 0.3) is 0 Å². The summed E-state index contributed by atoms with van der Waals surface area (Å²) in [6, 6.07) is 4.61. The highest BCUT2D eigenvalue weighted by atomic mass is 35.5. The van der Waals surface area contributed by atoms with Crippen molar-refractivity contribution < 1.29 is 18.8 Å². The van der Waals surface area contributed by atoms with Crippen molar-refractivity contribution in [2.45, 2.75) is 47.9 Å². The van der Waals surface area contributed by atoms with Crippen molar-refractivity contribution in [3.05, 3.63) is 28.8 Å². The van der Waals surface area contributed by atoms with Crippen LogP contribution in [0.2, 0.25) is 5.02 Å². The molecule has 1 aromatic carbocycles. The quantitative estimate of drug-likeness (QED) is 0.925. The number of carboxylic acids is 1. The number of halogens is 1. The second-order valence-corrected chi connectivity index (χ2v) is 7.88. The van der Waals surface area contributed by atoms with Gasteiger partial charge >= 0.3 is 5.97 Å². The molecule has 0 bridgehead atoms. The zero-order valence-corrected chi connectivity index (χ0v) is 13.1. The third-order valence-electron chi connectivity index (χ3n) is 4.42. The van der Waals surface area contributed by atoms with E-state index >= 15 is 0 Å². The summed E-state index contributed by atoms with van der Waals surface area (Å²) in [5.41, 5.74) is -0.0615. The van der Waals surface area contributed by atoms with Gasteiger partial charge in [0.15, 0.2) is 0 Å². The van der Waals surface area contributed by atoms with Gasteiger partial charge in [-0.05, 0) is 50.3 Å². The van der Waals surface area contributed by atoms with Crippen LogP contribution in [0.25, 0.3) is 0 Å². The summed E-state index contributed by atoms with van der Waals surface area (Å²) in [5, 5.41) is 9.31. The predicted molar refractivity (Wildman–Crippen MR) is 80.4 cm³/mol. The Morgan fingerprint density at radius 3 is 2.81 bits per heavy atom. The molecule has 0 radical (unpaired) electrons. The number of ether oxygens (including phenoxy) is 1. The first-order valence-electron chi connectivity index (χ1n) is 7.08. The van der Waals surface area contributed by atoms with Crippen molar-refractivity contribution in [2.75, 3.05) is 6.61 Å². The molecule has 0 amide bonds. The maximum Gasteiger partial charge on any atom is 0.337 e. The Hall–Kier alpha value is -0.910. The van der Waals surface area contributed by atoms with E-state index in [0.29, 0.717) is 11.5 Å². The summed E-state index contributed by atoms with van der Waals surface area (Å²) in [4.78, 5) is 11.7. The second-order valence-electron chi connectivity index (χ2n) is 5.74. The topological polar surface area (TPSA) is 63.6 Å². The summed E-state index contributed by atoms with van der Waals surface area (Å²) < 4.78 is 18.6. The van der Waals surface area contributed by atoms with Gasteiger partial charge in [-0.15, -0.1) is 0 Å². The largest absolute Gasteiger partial charge is 0.478 e. The van der Waals surface area contributed by atoms with Crippen LogP contribution in [-0.4, -0.2) is 32.7 Å². The number of carbonyl (C=O) groups is 1. The molecule has 4 nitrogen and oxygen atoms in total. The summed E-state index contributed by atoms with van der Waals surface area (Å²) in [6.07, 6.45) is 4.80. The van der Waals surface area contributed by atoms with E-state index < -0.39 is 16.8 Å². The van der Waals surface area contributed by atoms with E-state index in [1.54, 1.807) is 6.07 Å². The van der Waals surface area contributed by atoms with Crippen molar-refractivity contribution in [2.24, 2.45) is 0 Å². The Morgan fingerprint density at radius 2 is 2.19 bits per heavy atom. The van der Waals surface area contributed by atoms with Crippen molar-refractivity contribution in [1.29, 1.82) is 0 Å². The Bertz CT molecular complexity index is 597. The van der Waals surface area contributed by atoms with Crippen molar-refractivity contribution in [3.63, 3.8) is 0 Å². The minimum atomic E-state index is -1.22. The predicted octanol–water partition coefficient (Wildman–Crippen LogP) is 3.25. The average molecular weight is 329 g/mol. The first kappa shape index (κ1) is 15.0. The van der Waals surface area contributed by atoms with E-state index in [1.807, 2.05) is 0 Å². The van der Waals surface area contributed by atoms with Gasteiger partial charge in [0.05, 0.1) is 27.0 Å². The highest BCUT2D eigenvalue weighted by molar-refractivity contribution is 7.85. The SMILES string of the molecule is O=C(O)c1cc(S(=O)C2CCOC3(CCC3)C2)ccc1Cl. The molecule has 114 valence electrons. The number of benzene rings is 1. The molecule has 21 heavy (non-hydrogen) atoms. The number of rotatable bonds is 3. The van der Waals surface area contributed by atoms with E-state index in [2.05, 4.69) is 0 Å². The van der Waals surface area contributed by atoms with Crippen LogP contribution in [0.3, 0.4) is 0 Å². The van der Waals surface area contributed by atoms with Crippen LogP contribution < -0.4 is 0 Å². The molecular weight excluding hydrogens is 312 g/mol. The lowest BCUT2D eigenvalue weighted by molar-refractivity contribution is -0.125. The van der Waals surface area contributed by atoms with Crippen LogP contribution >= 0.6 is 11.6 Å². The van der Waals surface area contributed by atoms with E-state index in [-0.39, 0.29) is 21.4 Å². The second kappa shape index (κ2) is 5.71. The highest BCUT2D eigenvalue weighted by Gasteiger charge is 2.44. The van der Waals surface area contributed by atoms with Crippen molar-refractivity contribution in [1.82, 2.24) is 0 Å². The molecule has 1 aliphatic carbocycles. The number of aromatic carboxylic acids is 1. The van der Waals surface area contributed by atoms with Gasteiger partial charge in [0, 0.05) is 16.8 Å². The fraction of sp³-hybridized carbons (Fsp3) is 0.533. The van der Waals surface area contributed by atoms with Gasteiger partial charge in [-0.1, -0.05) is 11.6 Å². The highest BCUT2D eigenvalue weighted by Crippen LogP contribution is 2.44. The molecular formula is C15H17ClO4S. The summed E-state index contributed by atoms with van der Waals surface area (Å²) in [6.45, 7) is 0.635. The molecule has 2 aliphatic rings. The lowest BCUT2D eigenvalue weighted by Crippen LogP contribution is -2.48. The summed E-state index contributed by atoms with van der Waals surface area (Å²) in [5.74, 6) is -1.10. The Morgan fingerprint density at radius 1 is 1.43 bits per heavy atom. The van der Waals surface area contributed by atoms with Crippen LogP contribution in [0.15, 0.2) is 23.1 Å². The third kappa shape index (κ3) is 2.87. The van der Waals surface area contributed by atoms with Crippen molar-refractivity contribution >= 4 is 28.4 Å². The maximum absolute atomic E-state index is 12.7. The average Bonchev–Trinajstić information content (AvgIpc) is 2.45. The smallest absolute Gasteiger partial charge is 0.337 e. The van der Waals surface area contributed by atoms with Crippen LogP contribution in [0.1, 0.15) is 42.5 Å². The molecule has 6 heteroatoms. The molecule has 3 rings (SSSR count). The lowest BCUT2D eigenvalue weighted by atomic mass is 9.75. The fourth-order valence-corrected chi connectivity index (χ4v) is 4.86. The summed E-state index contributed by atoms with van der Waals surface area (Å²) >= 11 is 5.86. The van der Waals surface area contributed by atoms with Crippen molar-refractivity contribution in [3.8, 4) is 0 Å². The molecule has 1 aliphatic heterocycles. The zero-order chi connectivity index (χ0) is 15.0. The molecule has 2 unspecified atom stereocenters. The molecule has 1 aromatic rings. The van der Waals surface area contributed by atoms with E-state index in [1.165, 1.54) is 18.6 Å². The number of carboxylic acid groups (broad SMARTS) is 1. The molecule has 2 fully saturated rings. The Balaban J connectivity index is 1.81. The minimum absolute atomic E-state index is 0.00735. The molecule has 0 aromatic heterocycles. The monoisotopic (exact) mass is 328 g/mol. The first-order valence-corrected chi connectivity index (χ1v) is 8.67. The van der Waals surface area contributed by atoms with Gasteiger partial charge < -0.3 is 9.84 Å². The zero-order valence-electron chi connectivity index (χ0n) is 11.5. The van der Waals surface area contributed by atoms with Gasteiger partial charge in [0.2, 0.25) is 0 Å². The third-order valence-corrected chi connectivity index (χ3v) is 6.47. The van der Waals surface area contributed by atoms with E-state index in [9.17, 15) is 9.00 Å². The Kier molecular flexibility index (Phi) is 4.08. The van der Waals surface area contributed by atoms with Crippen LogP contribution in [0, 0.1) is 0 Å². The molecule has 1 spiro atoms. The van der Waals surface area contributed by atoms with Crippen LogP contribution in [0.4, 0.5) is 0 Å². The minimum Gasteiger partial charge on any atom is -0.478 e. The molecule has 2 atom stereocenters. The summed E-state index contributed by atoms with van der Waals surface area (Å²) in [7, 11) is -1.22.